The second-order valence-electron chi connectivity index (χ2n) is 6.73. The first-order chi connectivity index (χ1) is 14.0. The van der Waals surface area contributed by atoms with Crippen molar-refractivity contribution in [2.45, 2.75) is 57.9 Å². The molecule has 1 aromatic carbocycles. The molecule has 0 saturated carbocycles. The molecular weight excluding hydrogens is 410 g/mol. The molecule has 8 nitrogen and oxygen atoms in total. The van der Waals surface area contributed by atoms with Crippen LogP contribution in [0.5, 0.6) is 5.75 Å². The van der Waals surface area contributed by atoms with Crippen molar-refractivity contribution in [3.05, 3.63) is 29.3 Å². The zero-order valence-corrected chi connectivity index (χ0v) is 16.3. The van der Waals surface area contributed by atoms with Gasteiger partial charge in [0.2, 0.25) is 12.2 Å². The number of para-hydroxylation sites is 1. The highest BCUT2D eigenvalue weighted by Gasteiger charge is 2.38. The van der Waals surface area contributed by atoms with Gasteiger partial charge in [0.15, 0.2) is 0 Å². The Morgan fingerprint density at radius 2 is 2.03 bits per heavy atom. The summed E-state index contributed by atoms with van der Waals surface area (Å²) in [5, 5.41) is 12.6. The van der Waals surface area contributed by atoms with Crippen LogP contribution in [0.25, 0.3) is 0 Å². The molecule has 2 unspecified atom stereocenters. The van der Waals surface area contributed by atoms with Gasteiger partial charge in [-0.05, 0) is 24.5 Å². The summed E-state index contributed by atoms with van der Waals surface area (Å²) in [6.07, 6.45) is -7.19. The van der Waals surface area contributed by atoms with Crippen LogP contribution in [-0.4, -0.2) is 48.4 Å². The van der Waals surface area contributed by atoms with Crippen molar-refractivity contribution in [1.82, 2.24) is 5.32 Å². The third-order valence-electron chi connectivity index (χ3n) is 4.15. The molecule has 0 saturated heterocycles. The molecule has 0 aromatic heterocycles. The standard InChI is InChI=1S/C18H21BF3NO7/c1-10(24)28-11(2)29-17(26)13-6-3-5-12-9-14(19(27)30-16(12)13)23-15(25)7-4-8-18(20,21)22/h3,5-6,11,14,27H,4,7-9H2,1-2H3,(H,23,25). The van der Waals surface area contributed by atoms with Crippen molar-refractivity contribution < 1.29 is 46.7 Å². The average molecular weight is 431 g/mol. The van der Waals surface area contributed by atoms with Gasteiger partial charge < -0.3 is 24.5 Å². The molecule has 2 rings (SSSR count). The maximum Gasteiger partial charge on any atom is 0.547 e. The van der Waals surface area contributed by atoms with Gasteiger partial charge in [-0.25, -0.2) is 4.79 Å². The predicted molar refractivity (Wildman–Crippen MR) is 97.2 cm³/mol. The van der Waals surface area contributed by atoms with E-state index in [9.17, 15) is 32.6 Å². The fourth-order valence-electron chi connectivity index (χ4n) is 2.91. The van der Waals surface area contributed by atoms with Crippen LogP contribution in [0.1, 0.15) is 49.0 Å². The Morgan fingerprint density at radius 1 is 1.33 bits per heavy atom. The highest BCUT2D eigenvalue weighted by Crippen LogP contribution is 2.31. The van der Waals surface area contributed by atoms with Gasteiger partial charge in [-0.3, -0.25) is 9.59 Å². The number of alkyl halides is 3. The number of fused-ring (bicyclic) bond motifs is 1. The zero-order chi connectivity index (χ0) is 22.5. The maximum atomic E-state index is 12.3. The second-order valence-corrected chi connectivity index (χ2v) is 6.73. The molecule has 1 aromatic rings. The van der Waals surface area contributed by atoms with E-state index in [0.29, 0.717) is 5.56 Å². The SMILES string of the molecule is CC(=O)OC(C)OC(=O)c1cccc2c1OB(O)C(NC(=O)CCCC(F)(F)F)C2. The fraction of sp³-hybridized carbons (Fsp3) is 0.500. The lowest BCUT2D eigenvalue weighted by Crippen LogP contribution is -2.53. The van der Waals surface area contributed by atoms with Gasteiger partial charge in [0.25, 0.3) is 0 Å². The molecule has 164 valence electrons. The molecule has 1 heterocycles. The van der Waals surface area contributed by atoms with E-state index in [1.807, 2.05) is 0 Å². The third kappa shape index (κ3) is 6.94. The minimum atomic E-state index is -4.34. The Balaban J connectivity index is 2.02. The molecular formula is C18H21BF3NO7. The molecule has 0 fully saturated rings. The number of benzene rings is 1. The van der Waals surface area contributed by atoms with Gasteiger partial charge in [-0.1, -0.05) is 12.1 Å². The molecule has 1 amide bonds. The number of carbonyl (C=O) groups excluding carboxylic acids is 3. The van der Waals surface area contributed by atoms with Crippen molar-refractivity contribution in [3.63, 3.8) is 0 Å². The average Bonchev–Trinajstić information content (AvgIpc) is 2.59. The van der Waals surface area contributed by atoms with Gasteiger partial charge in [-0.2, -0.15) is 13.2 Å². The summed E-state index contributed by atoms with van der Waals surface area (Å²) in [7, 11) is -1.52. The van der Waals surface area contributed by atoms with Gasteiger partial charge in [0.05, 0.1) is 5.94 Å². The van der Waals surface area contributed by atoms with Crippen LogP contribution in [0.15, 0.2) is 18.2 Å². The van der Waals surface area contributed by atoms with E-state index >= 15 is 0 Å². The number of amides is 1. The summed E-state index contributed by atoms with van der Waals surface area (Å²) in [5.74, 6) is -2.98. The van der Waals surface area contributed by atoms with Crippen LogP contribution in [0.2, 0.25) is 0 Å². The summed E-state index contributed by atoms with van der Waals surface area (Å²) < 4.78 is 51.7. The van der Waals surface area contributed by atoms with Gasteiger partial charge in [0, 0.05) is 26.7 Å². The largest absolute Gasteiger partial charge is 0.547 e. The van der Waals surface area contributed by atoms with Crippen molar-refractivity contribution in [1.29, 1.82) is 0 Å². The van der Waals surface area contributed by atoms with E-state index in [0.717, 1.165) is 6.92 Å². The Morgan fingerprint density at radius 3 is 2.67 bits per heavy atom. The zero-order valence-electron chi connectivity index (χ0n) is 16.3. The van der Waals surface area contributed by atoms with Crippen LogP contribution in [0.4, 0.5) is 13.2 Å². The molecule has 2 N–H and O–H groups in total. The van der Waals surface area contributed by atoms with E-state index in [2.05, 4.69) is 5.32 Å². The number of rotatable bonds is 7. The van der Waals surface area contributed by atoms with Crippen LogP contribution in [0, 0.1) is 0 Å². The van der Waals surface area contributed by atoms with Crippen molar-refractivity contribution in [3.8, 4) is 5.75 Å². The predicted octanol–water partition coefficient (Wildman–Crippen LogP) is 1.92. The van der Waals surface area contributed by atoms with E-state index < -0.39 is 49.8 Å². The lowest BCUT2D eigenvalue weighted by atomic mass is 9.72. The molecule has 0 spiro atoms. The monoisotopic (exact) mass is 431 g/mol. The minimum Gasteiger partial charge on any atom is -0.534 e. The van der Waals surface area contributed by atoms with Crippen molar-refractivity contribution in [2.75, 3.05) is 0 Å². The van der Waals surface area contributed by atoms with Gasteiger partial charge in [-0.15, -0.1) is 0 Å². The lowest BCUT2D eigenvalue weighted by molar-refractivity contribution is -0.162. The van der Waals surface area contributed by atoms with Gasteiger partial charge >= 0.3 is 25.2 Å². The van der Waals surface area contributed by atoms with Crippen molar-refractivity contribution >= 4 is 25.0 Å². The van der Waals surface area contributed by atoms with Crippen LogP contribution >= 0.6 is 0 Å². The van der Waals surface area contributed by atoms with E-state index in [4.69, 9.17) is 14.1 Å². The highest BCUT2D eigenvalue weighted by molar-refractivity contribution is 6.47. The smallest absolute Gasteiger partial charge is 0.534 e. The summed E-state index contributed by atoms with van der Waals surface area (Å²) >= 11 is 0. The molecule has 2 atom stereocenters. The Hall–Kier alpha value is -2.76. The first-order valence-corrected chi connectivity index (χ1v) is 9.17. The minimum absolute atomic E-state index is 0.0134. The fourth-order valence-corrected chi connectivity index (χ4v) is 2.91. The first-order valence-electron chi connectivity index (χ1n) is 9.17. The molecule has 0 aliphatic carbocycles. The van der Waals surface area contributed by atoms with Crippen LogP contribution < -0.4 is 9.97 Å². The van der Waals surface area contributed by atoms with E-state index in [1.165, 1.54) is 19.1 Å². The molecule has 12 heteroatoms. The highest BCUT2D eigenvalue weighted by atomic mass is 19.4. The number of hydrogen-bond donors (Lipinski definition) is 2. The number of esters is 2. The molecule has 30 heavy (non-hydrogen) atoms. The lowest BCUT2D eigenvalue weighted by Gasteiger charge is -2.29. The van der Waals surface area contributed by atoms with Crippen LogP contribution in [0.3, 0.4) is 0 Å². The summed E-state index contributed by atoms with van der Waals surface area (Å²) in [6.45, 7) is 2.51. The third-order valence-corrected chi connectivity index (χ3v) is 4.15. The number of halogens is 3. The Labute approximate surface area is 170 Å². The summed E-state index contributed by atoms with van der Waals surface area (Å²) in [5.41, 5.74) is 0.469. The second kappa shape index (κ2) is 9.83. The number of hydrogen-bond acceptors (Lipinski definition) is 7. The van der Waals surface area contributed by atoms with Gasteiger partial charge in [0.1, 0.15) is 11.3 Å². The number of ether oxygens (including phenoxy) is 2. The van der Waals surface area contributed by atoms with E-state index in [-0.39, 0.29) is 30.6 Å². The normalized spacial score (nSPS) is 16.7. The van der Waals surface area contributed by atoms with Crippen LogP contribution in [-0.2, 0) is 25.5 Å². The quantitative estimate of drug-likeness (QED) is 0.386. The Kier molecular flexibility index (Phi) is 7.71. The molecule has 1 aliphatic heterocycles. The van der Waals surface area contributed by atoms with Crippen molar-refractivity contribution in [2.24, 2.45) is 0 Å². The topological polar surface area (TPSA) is 111 Å². The first kappa shape index (κ1) is 23.5. The summed E-state index contributed by atoms with van der Waals surface area (Å²) in [6, 6.07) is 4.54. The van der Waals surface area contributed by atoms with E-state index in [1.54, 1.807) is 6.07 Å². The number of carbonyl (C=O) groups is 3. The number of nitrogens with one attached hydrogen (secondary N) is 1. The molecule has 1 aliphatic rings. The Bertz CT molecular complexity index is 802. The maximum absolute atomic E-state index is 12.3. The molecule has 0 radical (unpaired) electrons. The summed E-state index contributed by atoms with van der Waals surface area (Å²) in [4.78, 5) is 35.1. The molecule has 0 bridgehead atoms.